The van der Waals surface area contributed by atoms with Crippen molar-refractivity contribution in [2.24, 2.45) is 5.92 Å². The minimum atomic E-state index is -0.336. The number of hydrogen-bond donors (Lipinski definition) is 1. The van der Waals surface area contributed by atoms with Crippen molar-refractivity contribution in [2.75, 3.05) is 39.4 Å². The second-order valence-corrected chi connectivity index (χ2v) is 34.3. The van der Waals surface area contributed by atoms with Gasteiger partial charge in [0.25, 0.3) is 0 Å². The molecule has 2 unspecified atom stereocenters. The smallest absolute Gasteiger partial charge is 0.219 e. The first-order valence-corrected chi connectivity index (χ1v) is 40.6. The van der Waals surface area contributed by atoms with E-state index in [1.165, 1.54) is 50.7 Å². The molecule has 1 aromatic heterocycles. The minimum absolute atomic E-state index is 0.0999. The van der Waals surface area contributed by atoms with Crippen molar-refractivity contribution in [3.05, 3.63) is 283 Å². The molecule has 12 nitrogen and oxygen atoms in total. The lowest BCUT2D eigenvalue weighted by atomic mass is 9.68. The number of ether oxygens (including phenoxy) is 6. The number of rotatable bonds is 5. The molecule has 14 heteroatoms. The van der Waals surface area contributed by atoms with Gasteiger partial charge in [-0.1, -0.05) is 187 Å². The number of aliphatic hydroxyl groups excluding tert-OH is 1. The fourth-order valence-corrected chi connectivity index (χ4v) is 17.1. The summed E-state index contributed by atoms with van der Waals surface area (Å²) in [6, 6.07) is 64.7. The molecule has 2 atom stereocenters. The van der Waals surface area contributed by atoms with Crippen molar-refractivity contribution in [1.82, 2.24) is 9.80 Å². The third-order valence-corrected chi connectivity index (χ3v) is 24.2. The Balaban J connectivity index is 0.799. The molecule has 0 saturated carbocycles. The van der Waals surface area contributed by atoms with Gasteiger partial charge >= 0.3 is 0 Å². The summed E-state index contributed by atoms with van der Waals surface area (Å²) >= 11 is 7.61. The summed E-state index contributed by atoms with van der Waals surface area (Å²) in [7, 11) is 0. The van der Waals surface area contributed by atoms with Gasteiger partial charge in [-0.25, -0.2) is 4.57 Å². The summed E-state index contributed by atoms with van der Waals surface area (Å²) in [5, 5.41) is 14.2. The highest BCUT2D eigenvalue weighted by molar-refractivity contribution is 8.02. The summed E-state index contributed by atoms with van der Waals surface area (Å²) in [5.74, 6) is 4.47. The highest BCUT2D eigenvalue weighted by Crippen LogP contribution is 2.46. The fourth-order valence-electron chi connectivity index (χ4n) is 16.2. The molecular weight excluding hydrogens is 1390 g/mol. The first-order chi connectivity index (χ1) is 52.5. The Morgan fingerprint density at radius 3 is 1.39 bits per heavy atom. The van der Waals surface area contributed by atoms with Crippen LogP contribution in [0.25, 0.3) is 5.76 Å². The molecule has 2 amide bonds. The van der Waals surface area contributed by atoms with Gasteiger partial charge in [-0.15, -0.1) is 0 Å². The lowest BCUT2D eigenvalue weighted by molar-refractivity contribution is -0.688. The first kappa shape index (κ1) is 78.1. The maximum atomic E-state index is 12.8. The van der Waals surface area contributed by atoms with Crippen LogP contribution in [0.1, 0.15) is 204 Å². The predicted octanol–water partition coefficient (Wildman–Crippen LogP) is 21.1. The molecule has 2 spiro atoms. The normalized spacial score (nSPS) is 18.4. The van der Waals surface area contributed by atoms with Crippen LogP contribution in [-0.2, 0) is 75.4 Å². The summed E-state index contributed by atoms with van der Waals surface area (Å²) in [6.45, 7) is 24.8. The molecule has 0 aliphatic carbocycles. The molecule has 2 saturated heterocycles. The Morgan fingerprint density at radius 1 is 0.514 bits per heavy atom. The number of amides is 2. The van der Waals surface area contributed by atoms with Crippen molar-refractivity contribution < 1.29 is 47.7 Å². The number of halogens is 1. The second kappa shape index (κ2) is 34.9. The van der Waals surface area contributed by atoms with Gasteiger partial charge in [0.15, 0.2) is 18.9 Å². The van der Waals surface area contributed by atoms with E-state index < -0.39 is 0 Å². The number of benzene rings is 8. The Bertz CT molecular complexity index is 4590. The molecule has 570 valence electrons. The number of carbonyl (C=O) groups is 2. The molecule has 16 bridgehead atoms. The number of carbonyl (C=O) groups excluding carboxylic acids is 2. The fraction of sp³-hybridized carbons (Fsp3) is 0.400. The van der Waals surface area contributed by atoms with E-state index in [4.69, 9.17) is 40.0 Å². The van der Waals surface area contributed by atoms with Crippen molar-refractivity contribution in [3.8, 4) is 28.7 Å². The monoisotopic (exact) mass is 1500 g/mol. The molecule has 9 aliphatic rings. The van der Waals surface area contributed by atoms with E-state index >= 15 is 0 Å². The minimum Gasteiger partial charge on any atom is -0.507 e. The van der Waals surface area contributed by atoms with Crippen molar-refractivity contribution in [2.45, 2.75) is 205 Å². The number of hydrogen-bond acceptors (Lipinski definition) is 10. The van der Waals surface area contributed by atoms with Crippen LogP contribution >= 0.6 is 23.4 Å². The van der Waals surface area contributed by atoms with Gasteiger partial charge in [0, 0.05) is 84.5 Å². The molecule has 8 aromatic carbocycles. The van der Waals surface area contributed by atoms with E-state index in [1.807, 2.05) is 58.6 Å². The number of pyridine rings is 1. The average molecular weight is 1500 g/mol. The van der Waals surface area contributed by atoms with E-state index in [0.29, 0.717) is 94.6 Å². The zero-order chi connectivity index (χ0) is 76.3. The van der Waals surface area contributed by atoms with Crippen LogP contribution in [0.2, 0.25) is 5.02 Å². The SMILES string of the molecule is CC(=O)N1CCC2(CC1)c1ccc(cc1)CCCCC1CCCCC(COc3cc(C)cc(c3SC=C(O)c3cc[n+](Cc4ccc(Cl)cc4)cc3)OC1)OCc1cc(cc(C(C)(C)C)c1)COc1ccc(cc1)C1(CCN(C(C)=O)CC1)c1ccc(cc1)OCc1cc(cc(C(C)(C)C)c1)COc1ccc2cc1. The Morgan fingerprint density at radius 2 is 0.936 bits per heavy atom. The van der Waals surface area contributed by atoms with Crippen LogP contribution in [0.3, 0.4) is 0 Å². The number of aryl methyl sites for hydroxylation is 2. The van der Waals surface area contributed by atoms with Gasteiger partial charge in [0.1, 0.15) is 60.9 Å². The molecular formula is C95H109ClN3O9S+. The van der Waals surface area contributed by atoms with Crippen molar-refractivity contribution in [1.29, 1.82) is 0 Å². The van der Waals surface area contributed by atoms with Gasteiger partial charge in [-0.2, -0.15) is 0 Å². The summed E-state index contributed by atoms with van der Waals surface area (Å²) in [5.41, 5.74) is 14.9. The van der Waals surface area contributed by atoms with Crippen LogP contribution in [0.4, 0.5) is 0 Å². The lowest BCUT2D eigenvalue weighted by Gasteiger charge is -2.42. The molecule has 9 aromatic rings. The number of aromatic nitrogens is 1. The molecule has 9 aliphatic heterocycles. The van der Waals surface area contributed by atoms with Gasteiger partial charge in [-0.3, -0.25) is 9.59 Å². The van der Waals surface area contributed by atoms with E-state index in [0.717, 1.165) is 138 Å². The molecule has 18 rings (SSSR count). The van der Waals surface area contributed by atoms with E-state index in [2.05, 4.69) is 199 Å². The third kappa shape index (κ3) is 20.0. The van der Waals surface area contributed by atoms with Gasteiger partial charge in [-0.05, 0) is 215 Å². The zero-order valence-electron chi connectivity index (χ0n) is 65.3. The number of aliphatic hydroxyl groups is 1. The number of fused-ring (bicyclic) bond motifs is 4. The van der Waals surface area contributed by atoms with Crippen LogP contribution in [-0.4, -0.2) is 72.2 Å². The van der Waals surface area contributed by atoms with Gasteiger partial charge in [0.05, 0.1) is 24.2 Å². The van der Waals surface area contributed by atoms with E-state index in [9.17, 15) is 14.7 Å². The molecule has 0 radical (unpaired) electrons. The number of likely N-dealkylation sites (tertiary alicyclic amines) is 2. The first-order valence-electron chi connectivity index (χ1n) is 39.4. The maximum absolute atomic E-state index is 12.8. The number of piperidine rings is 2. The van der Waals surface area contributed by atoms with Crippen LogP contribution in [0, 0.1) is 12.8 Å². The topological polar surface area (TPSA) is 120 Å². The van der Waals surface area contributed by atoms with E-state index in [1.54, 1.807) is 19.3 Å². The quantitative estimate of drug-likeness (QED) is 0.101. The third-order valence-electron chi connectivity index (χ3n) is 22.9. The molecule has 109 heavy (non-hydrogen) atoms. The van der Waals surface area contributed by atoms with Crippen LogP contribution in [0.15, 0.2) is 205 Å². The Kier molecular flexibility index (Phi) is 25.0. The summed E-state index contributed by atoms with van der Waals surface area (Å²) in [6.07, 6.45) is 14.9. The maximum Gasteiger partial charge on any atom is 0.219 e. The number of nitrogens with zero attached hydrogens (tertiary/aromatic N) is 3. The second-order valence-electron chi connectivity index (χ2n) is 32.9. The molecule has 2 fully saturated rings. The number of thioether (sulfide) groups is 1. The van der Waals surface area contributed by atoms with Gasteiger partial charge in [0.2, 0.25) is 11.8 Å². The largest absolute Gasteiger partial charge is 0.507 e. The Hall–Kier alpha value is -9.01. The van der Waals surface area contributed by atoms with Crippen LogP contribution in [0.5, 0.6) is 28.7 Å². The summed E-state index contributed by atoms with van der Waals surface area (Å²) in [4.78, 5) is 30.4. The standard InChI is InChI=1S/C95H108ClN3O9S/c1-66-50-89-91(109-65-88(102)76-38-44-97(45-39-76)58-70-20-30-83(96)31-21-70)90(51-66)108-64-87-17-13-12-16-71(59-107-89)15-11-10-14-69-18-22-77(23-19-69)94(40-46-98(47-41-94)67(2)100)78-24-32-84(33-25-78)103-60-72-52-73(55-81(54-72)92(4,5)6)61-104-85-34-26-79(27-35-85)95(42-48-99(49-43-95)68(3)101)80-28-36-86(37-29-80)105-62-74-53-75(63-106-87)57-82(56-74)93(7,8)9/h18-39,44-45,50-57,65,71,87H,10-17,40-43,46-49,58-64H2,1-9H3/p+1. The predicted molar refractivity (Wildman–Crippen MR) is 437 cm³/mol. The highest BCUT2D eigenvalue weighted by atomic mass is 35.5. The summed E-state index contributed by atoms with van der Waals surface area (Å²) < 4.78 is 43.1. The Labute approximate surface area is 656 Å². The zero-order valence-corrected chi connectivity index (χ0v) is 66.9. The van der Waals surface area contributed by atoms with Crippen LogP contribution < -0.4 is 28.3 Å². The molecule has 1 N–H and O–H groups in total. The van der Waals surface area contributed by atoms with E-state index in [-0.39, 0.29) is 45.3 Å². The van der Waals surface area contributed by atoms with Gasteiger partial charge < -0.3 is 43.3 Å². The lowest BCUT2D eigenvalue weighted by Crippen LogP contribution is -2.45. The average Bonchev–Trinajstić information content (AvgIpc) is 0.832. The van der Waals surface area contributed by atoms with Crippen molar-refractivity contribution >= 4 is 40.9 Å². The van der Waals surface area contributed by atoms with Crippen molar-refractivity contribution in [3.63, 3.8) is 0 Å². The molecule has 10 heterocycles. The highest BCUT2D eigenvalue weighted by Gasteiger charge is 2.40.